The van der Waals surface area contributed by atoms with E-state index in [0.29, 0.717) is 22.3 Å². The van der Waals surface area contributed by atoms with Crippen LogP contribution >= 0.6 is 23.4 Å². The highest BCUT2D eigenvalue weighted by molar-refractivity contribution is 7.99. The summed E-state index contributed by atoms with van der Waals surface area (Å²) in [5.74, 6) is -3.74. The lowest BCUT2D eigenvalue weighted by atomic mass is 10.1. The maximum atomic E-state index is 12.7. The molecule has 0 aliphatic heterocycles. The first-order valence-electron chi connectivity index (χ1n) is 8.95. The number of hydrogen-bond acceptors (Lipinski definition) is 5. The van der Waals surface area contributed by atoms with Gasteiger partial charge in [0.05, 0.1) is 26.8 Å². The van der Waals surface area contributed by atoms with Crippen molar-refractivity contribution in [2.45, 2.75) is 10.7 Å². The molecular formula is C21H14ClF2N3O4S. The second kappa shape index (κ2) is 10.2. The first kappa shape index (κ1) is 23.2. The van der Waals surface area contributed by atoms with Crippen LogP contribution in [-0.4, -0.2) is 22.5 Å². The lowest BCUT2D eigenvalue weighted by Crippen LogP contribution is -2.18. The minimum atomic E-state index is -2.55. The van der Waals surface area contributed by atoms with Crippen LogP contribution in [0, 0.1) is 10.1 Å². The number of hydrogen-bond donors (Lipinski definition) is 2. The van der Waals surface area contributed by atoms with Crippen molar-refractivity contribution in [3.8, 4) is 0 Å². The molecule has 3 aromatic carbocycles. The van der Waals surface area contributed by atoms with Crippen LogP contribution in [0.5, 0.6) is 0 Å². The highest BCUT2D eigenvalue weighted by Crippen LogP contribution is 2.27. The van der Waals surface area contributed by atoms with Crippen LogP contribution in [0.15, 0.2) is 71.6 Å². The number of non-ortho nitro benzene ring substituents is 1. The number of alkyl halides is 2. The molecule has 0 radical (unpaired) electrons. The predicted molar refractivity (Wildman–Crippen MR) is 119 cm³/mol. The van der Waals surface area contributed by atoms with Gasteiger partial charge < -0.3 is 10.6 Å². The van der Waals surface area contributed by atoms with Crippen LogP contribution in [-0.2, 0) is 0 Å². The Morgan fingerprint density at radius 2 is 1.59 bits per heavy atom. The van der Waals surface area contributed by atoms with Crippen molar-refractivity contribution in [3.05, 3.63) is 93.0 Å². The van der Waals surface area contributed by atoms with Gasteiger partial charge in [-0.1, -0.05) is 35.5 Å². The number of nitrogens with zero attached hydrogens (tertiary/aromatic N) is 1. The van der Waals surface area contributed by atoms with Gasteiger partial charge in [0.25, 0.3) is 23.3 Å². The molecular weight excluding hydrogens is 464 g/mol. The molecule has 3 aromatic rings. The number of para-hydroxylation sites is 1. The highest BCUT2D eigenvalue weighted by atomic mass is 35.5. The van der Waals surface area contributed by atoms with E-state index in [1.54, 1.807) is 12.1 Å². The van der Waals surface area contributed by atoms with Crippen LogP contribution < -0.4 is 10.6 Å². The molecule has 32 heavy (non-hydrogen) atoms. The summed E-state index contributed by atoms with van der Waals surface area (Å²) in [5, 5.41) is 15.9. The van der Waals surface area contributed by atoms with Gasteiger partial charge in [0.2, 0.25) is 0 Å². The van der Waals surface area contributed by atoms with Gasteiger partial charge in [0, 0.05) is 22.7 Å². The minimum absolute atomic E-state index is 0.000373. The number of halogens is 3. The molecule has 3 rings (SSSR count). The fourth-order valence-corrected chi connectivity index (χ4v) is 3.46. The molecule has 0 unspecified atom stereocenters. The smallest absolute Gasteiger partial charge is 0.288 e. The van der Waals surface area contributed by atoms with Crippen molar-refractivity contribution in [3.63, 3.8) is 0 Å². The number of amides is 2. The molecule has 164 valence electrons. The zero-order chi connectivity index (χ0) is 23.3. The van der Waals surface area contributed by atoms with Crippen molar-refractivity contribution in [1.29, 1.82) is 0 Å². The van der Waals surface area contributed by atoms with E-state index in [9.17, 15) is 28.5 Å². The van der Waals surface area contributed by atoms with Gasteiger partial charge in [0.15, 0.2) is 0 Å². The molecule has 0 saturated carbocycles. The summed E-state index contributed by atoms with van der Waals surface area (Å²) >= 11 is 6.39. The van der Waals surface area contributed by atoms with Gasteiger partial charge in [-0.2, -0.15) is 8.78 Å². The van der Waals surface area contributed by atoms with Gasteiger partial charge in [-0.25, -0.2) is 0 Å². The molecule has 0 aliphatic carbocycles. The zero-order valence-electron chi connectivity index (χ0n) is 16.1. The van der Waals surface area contributed by atoms with Crippen LogP contribution in [0.4, 0.5) is 25.8 Å². The number of thioether (sulfide) groups is 1. The fraction of sp³-hybridized carbons (Fsp3) is 0.0476. The Labute approximate surface area is 189 Å². The molecule has 0 atom stereocenters. The van der Waals surface area contributed by atoms with Gasteiger partial charge in [-0.15, -0.1) is 0 Å². The molecule has 7 nitrogen and oxygen atoms in total. The second-order valence-electron chi connectivity index (χ2n) is 6.28. The number of nitro groups is 1. The minimum Gasteiger partial charge on any atom is -0.322 e. The standard InChI is InChI=1S/C21H14ClF2N3O4S/c22-17-11-13(27(30)31)7-10-15(17)19(28)26-18-4-2-1-3-16(18)20(29)25-12-5-8-14(9-6-12)32-21(23)24/h1-11,21H,(H,25,29)(H,26,28). The SMILES string of the molecule is O=C(Nc1ccccc1C(=O)Nc1ccc(SC(F)F)cc1)c1ccc([N+](=O)[O-])cc1Cl. The fourth-order valence-electron chi connectivity index (χ4n) is 2.70. The van der Waals surface area contributed by atoms with Crippen LogP contribution in [0.25, 0.3) is 0 Å². The molecule has 0 bridgehead atoms. The number of rotatable bonds is 7. The van der Waals surface area contributed by atoms with Crippen LogP contribution in [0.1, 0.15) is 20.7 Å². The zero-order valence-corrected chi connectivity index (χ0v) is 17.6. The van der Waals surface area contributed by atoms with Crippen molar-refractivity contribution in [2.24, 2.45) is 0 Å². The van der Waals surface area contributed by atoms with Crippen molar-refractivity contribution < 1.29 is 23.3 Å². The number of nitrogens with one attached hydrogen (secondary N) is 2. The molecule has 0 saturated heterocycles. The van der Waals surface area contributed by atoms with Gasteiger partial charge in [-0.05, 0) is 42.5 Å². The maximum Gasteiger partial charge on any atom is 0.288 e. The van der Waals surface area contributed by atoms with E-state index in [-0.39, 0.29) is 27.5 Å². The summed E-state index contributed by atoms with van der Waals surface area (Å²) in [6, 6.07) is 15.5. The summed E-state index contributed by atoms with van der Waals surface area (Å²) in [6.45, 7) is 0. The maximum absolute atomic E-state index is 12.7. The number of anilines is 2. The number of nitro benzene ring substituents is 1. The molecule has 2 N–H and O–H groups in total. The lowest BCUT2D eigenvalue weighted by Gasteiger charge is -2.12. The van der Waals surface area contributed by atoms with Gasteiger partial charge >= 0.3 is 0 Å². The van der Waals surface area contributed by atoms with Crippen LogP contribution in [0.2, 0.25) is 5.02 Å². The lowest BCUT2D eigenvalue weighted by molar-refractivity contribution is -0.384. The Morgan fingerprint density at radius 3 is 2.22 bits per heavy atom. The van der Waals surface area contributed by atoms with E-state index < -0.39 is 22.5 Å². The quantitative estimate of drug-likeness (QED) is 0.244. The van der Waals surface area contributed by atoms with E-state index in [1.807, 2.05) is 0 Å². The molecule has 0 fully saturated rings. The summed E-state index contributed by atoms with van der Waals surface area (Å²) < 4.78 is 24.8. The Hall–Kier alpha value is -3.50. The molecule has 0 aromatic heterocycles. The van der Waals surface area contributed by atoms with Crippen LogP contribution in [0.3, 0.4) is 0 Å². The molecule has 0 spiro atoms. The summed E-state index contributed by atoms with van der Waals surface area (Å²) in [6.07, 6.45) is 0. The van der Waals surface area contributed by atoms with Gasteiger partial charge in [-0.3, -0.25) is 19.7 Å². The summed E-state index contributed by atoms with van der Waals surface area (Å²) in [4.78, 5) is 35.9. The first-order chi connectivity index (χ1) is 15.2. The number of benzene rings is 3. The molecule has 11 heteroatoms. The van der Waals surface area contributed by atoms with Crippen molar-refractivity contribution in [2.75, 3.05) is 10.6 Å². The second-order valence-corrected chi connectivity index (χ2v) is 7.75. The van der Waals surface area contributed by atoms with E-state index in [2.05, 4.69) is 10.6 Å². The Kier molecular flexibility index (Phi) is 7.39. The molecule has 2 amide bonds. The normalized spacial score (nSPS) is 10.6. The monoisotopic (exact) mass is 477 g/mol. The third-order valence-corrected chi connectivity index (χ3v) is 5.20. The van der Waals surface area contributed by atoms with Gasteiger partial charge in [0.1, 0.15) is 0 Å². The Morgan fingerprint density at radius 1 is 0.938 bits per heavy atom. The topological polar surface area (TPSA) is 101 Å². The molecule has 0 heterocycles. The average Bonchev–Trinajstić information content (AvgIpc) is 2.74. The summed E-state index contributed by atoms with van der Waals surface area (Å²) in [7, 11) is 0. The average molecular weight is 478 g/mol. The van der Waals surface area contributed by atoms with E-state index in [4.69, 9.17) is 11.6 Å². The van der Waals surface area contributed by atoms with E-state index >= 15 is 0 Å². The van der Waals surface area contributed by atoms with E-state index in [0.717, 1.165) is 12.1 Å². The molecule has 0 aliphatic rings. The Balaban J connectivity index is 1.76. The van der Waals surface area contributed by atoms with Crippen molar-refractivity contribution >= 4 is 52.2 Å². The third-order valence-electron chi connectivity index (χ3n) is 4.17. The third kappa shape index (κ3) is 5.80. The van der Waals surface area contributed by atoms with E-state index in [1.165, 1.54) is 42.5 Å². The number of carbonyl (C=O) groups is 2. The number of carbonyl (C=O) groups excluding carboxylic acids is 2. The Bertz CT molecular complexity index is 1180. The first-order valence-corrected chi connectivity index (χ1v) is 10.2. The largest absolute Gasteiger partial charge is 0.322 e. The van der Waals surface area contributed by atoms with Crippen molar-refractivity contribution in [1.82, 2.24) is 0 Å². The predicted octanol–water partition coefficient (Wildman–Crippen LogP) is 6.07. The summed E-state index contributed by atoms with van der Waals surface area (Å²) in [5.41, 5.74) is 0.455. The highest BCUT2D eigenvalue weighted by Gasteiger charge is 2.18.